The molecule has 0 aliphatic carbocycles. The Morgan fingerprint density at radius 1 is 1.15 bits per heavy atom. The predicted octanol–water partition coefficient (Wildman–Crippen LogP) is 3.61. The summed E-state index contributed by atoms with van der Waals surface area (Å²) in [5.41, 5.74) is 5.52. The molecule has 20 heavy (non-hydrogen) atoms. The molecule has 1 unspecified atom stereocenters. The van der Waals surface area contributed by atoms with E-state index < -0.39 is 0 Å². The SMILES string of the molecule is CC(C)(C)c1ccc2c(c1)C(c1ccccn1)NCC2. The van der Waals surface area contributed by atoms with Crippen molar-refractivity contribution in [2.24, 2.45) is 0 Å². The van der Waals surface area contributed by atoms with Gasteiger partial charge in [0.15, 0.2) is 0 Å². The van der Waals surface area contributed by atoms with E-state index in [1.807, 2.05) is 12.3 Å². The van der Waals surface area contributed by atoms with Gasteiger partial charge in [-0.1, -0.05) is 45.0 Å². The summed E-state index contributed by atoms with van der Waals surface area (Å²) in [7, 11) is 0. The van der Waals surface area contributed by atoms with Gasteiger partial charge in [0.25, 0.3) is 0 Å². The van der Waals surface area contributed by atoms with Gasteiger partial charge in [-0.2, -0.15) is 0 Å². The number of benzene rings is 1. The van der Waals surface area contributed by atoms with Crippen molar-refractivity contribution in [2.45, 2.75) is 38.6 Å². The minimum atomic E-state index is 0.182. The van der Waals surface area contributed by atoms with Crippen LogP contribution in [0.25, 0.3) is 0 Å². The van der Waals surface area contributed by atoms with Crippen LogP contribution in [0.2, 0.25) is 0 Å². The van der Waals surface area contributed by atoms with Crippen LogP contribution < -0.4 is 5.32 Å². The first kappa shape index (κ1) is 13.3. The second-order valence-corrected chi connectivity index (χ2v) is 6.56. The van der Waals surface area contributed by atoms with E-state index in [0.29, 0.717) is 0 Å². The topological polar surface area (TPSA) is 24.9 Å². The average Bonchev–Trinajstić information content (AvgIpc) is 2.46. The molecule has 0 bridgehead atoms. The van der Waals surface area contributed by atoms with Crippen molar-refractivity contribution in [3.8, 4) is 0 Å². The monoisotopic (exact) mass is 266 g/mol. The largest absolute Gasteiger partial charge is 0.305 e. The van der Waals surface area contributed by atoms with Gasteiger partial charge in [-0.05, 0) is 40.7 Å². The number of aromatic nitrogens is 1. The van der Waals surface area contributed by atoms with E-state index in [4.69, 9.17) is 0 Å². The van der Waals surface area contributed by atoms with Crippen molar-refractivity contribution in [2.75, 3.05) is 6.54 Å². The van der Waals surface area contributed by atoms with Crippen LogP contribution in [-0.2, 0) is 11.8 Å². The van der Waals surface area contributed by atoms with E-state index >= 15 is 0 Å². The molecule has 1 aliphatic rings. The van der Waals surface area contributed by atoms with Gasteiger partial charge >= 0.3 is 0 Å². The molecule has 1 atom stereocenters. The number of hydrogen-bond donors (Lipinski definition) is 1. The van der Waals surface area contributed by atoms with Gasteiger partial charge in [0, 0.05) is 12.7 Å². The fraction of sp³-hybridized carbons (Fsp3) is 0.389. The number of nitrogens with zero attached hydrogens (tertiary/aromatic N) is 1. The molecule has 0 radical (unpaired) electrons. The van der Waals surface area contributed by atoms with E-state index in [1.165, 1.54) is 16.7 Å². The quantitative estimate of drug-likeness (QED) is 0.853. The maximum atomic E-state index is 4.53. The summed E-state index contributed by atoms with van der Waals surface area (Å²) in [4.78, 5) is 4.53. The molecule has 1 aliphatic heterocycles. The van der Waals surface area contributed by atoms with Gasteiger partial charge in [0.1, 0.15) is 0 Å². The smallest absolute Gasteiger partial charge is 0.0754 e. The highest BCUT2D eigenvalue weighted by Crippen LogP contribution is 2.32. The maximum absolute atomic E-state index is 4.53. The van der Waals surface area contributed by atoms with Gasteiger partial charge in [-0.15, -0.1) is 0 Å². The Hall–Kier alpha value is -1.67. The zero-order valence-corrected chi connectivity index (χ0v) is 12.5. The van der Waals surface area contributed by atoms with E-state index in [1.54, 1.807) is 0 Å². The molecule has 2 nitrogen and oxygen atoms in total. The Bertz CT molecular complexity index is 597. The third-order valence-corrected chi connectivity index (χ3v) is 4.05. The molecule has 104 valence electrons. The van der Waals surface area contributed by atoms with Gasteiger partial charge in [0.2, 0.25) is 0 Å². The van der Waals surface area contributed by atoms with E-state index in [-0.39, 0.29) is 11.5 Å². The molecule has 0 saturated heterocycles. The first-order chi connectivity index (χ1) is 9.55. The summed E-state index contributed by atoms with van der Waals surface area (Å²) < 4.78 is 0. The van der Waals surface area contributed by atoms with Crippen LogP contribution in [0.15, 0.2) is 42.6 Å². The first-order valence-corrected chi connectivity index (χ1v) is 7.33. The zero-order chi connectivity index (χ0) is 14.2. The number of hydrogen-bond acceptors (Lipinski definition) is 2. The molecular weight excluding hydrogens is 244 g/mol. The van der Waals surface area contributed by atoms with Gasteiger partial charge in [0.05, 0.1) is 11.7 Å². The standard InChI is InChI=1S/C18H22N2/c1-18(2,3)14-8-7-13-9-11-20-17(15(13)12-14)16-6-4-5-10-19-16/h4-8,10,12,17,20H,9,11H2,1-3H3. The Balaban J connectivity index is 2.07. The highest BCUT2D eigenvalue weighted by molar-refractivity contribution is 5.42. The molecular formula is C18H22N2. The van der Waals surface area contributed by atoms with Gasteiger partial charge in [-0.25, -0.2) is 0 Å². The zero-order valence-electron chi connectivity index (χ0n) is 12.5. The summed E-state index contributed by atoms with van der Waals surface area (Å²) >= 11 is 0. The van der Waals surface area contributed by atoms with Crippen LogP contribution in [0, 0.1) is 0 Å². The van der Waals surface area contributed by atoms with E-state index in [2.05, 4.69) is 61.4 Å². The molecule has 2 aromatic rings. The lowest BCUT2D eigenvalue weighted by molar-refractivity contribution is 0.547. The van der Waals surface area contributed by atoms with Crippen LogP contribution in [0.3, 0.4) is 0 Å². The first-order valence-electron chi connectivity index (χ1n) is 7.33. The van der Waals surface area contributed by atoms with Gasteiger partial charge < -0.3 is 5.32 Å². The fourth-order valence-electron chi connectivity index (χ4n) is 2.83. The molecule has 0 amide bonds. The Labute approximate surface area is 121 Å². The molecule has 0 fully saturated rings. The van der Waals surface area contributed by atoms with Crippen LogP contribution in [0.5, 0.6) is 0 Å². The highest BCUT2D eigenvalue weighted by Gasteiger charge is 2.24. The van der Waals surface area contributed by atoms with Crippen molar-refractivity contribution in [3.05, 3.63) is 65.0 Å². The minimum Gasteiger partial charge on any atom is -0.305 e. The number of fused-ring (bicyclic) bond motifs is 1. The molecule has 0 spiro atoms. The van der Waals surface area contributed by atoms with Crippen LogP contribution in [0.1, 0.15) is 49.2 Å². The summed E-state index contributed by atoms with van der Waals surface area (Å²) in [5.74, 6) is 0. The van der Waals surface area contributed by atoms with Crippen molar-refractivity contribution < 1.29 is 0 Å². The lowest BCUT2D eigenvalue weighted by Crippen LogP contribution is -2.31. The third kappa shape index (κ3) is 2.48. The maximum Gasteiger partial charge on any atom is 0.0754 e. The molecule has 1 N–H and O–H groups in total. The normalized spacial score (nSPS) is 18.6. The van der Waals surface area contributed by atoms with Crippen LogP contribution in [-0.4, -0.2) is 11.5 Å². The van der Waals surface area contributed by atoms with Crippen LogP contribution in [0.4, 0.5) is 0 Å². The third-order valence-electron chi connectivity index (χ3n) is 4.05. The molecule has 2 heteroatoms. The highest BCUT2D eigenvalue weighted by atomic mass is 14.9. The number of rotatable bonds is 1. The molecule has 0 saturated carbocycles. The molecule has 1 aromatic carbocycles. The van der Waals surface area contributed by atoms with Crippen molar-refractivity contribution >= 4 is 0 Å². The lowest BCUT2D eigenvalue weighted by Gasteiger charge is -2.29. The summed E-state index contributed by atoms with van der Waals surface area (Å²) in [6.07, 6.45) is 2.97. The second kappa shape index (κ2) is 5.02. The minimum absolute atomic E-state index is 0.182. The lowest BCUT2D eigenvalue weighted by atomic mass is 9.82. The van der Waals surface area contributed by atoms with Gasteiger partial charge in [-0.3, -0.25) is 4.98 Å². The van der Waals surface area contributed by atoms with Crippen molar-refractivity contribution in [1.82, 2.24) is 10.3 Å². The number of pyridine rings is 1. The summed E-state index contributed by atoms with van der Waals surface area (Å²) in [6.45, 7) is 7.81. The Morgan fingerprint density at radius 3 is 2.70 bits per heavy atom. The van der Waals surface area contributed by atoms with Crippen LogP contribution >= 0.6 is 0 Å². The Kier molecular flexibility index (Phi) is 3.35. The van der Waals surface area contributed by atoms with Crippen molar-refractivity contribution in [1.29, 1.82) is 0 Å². The van der Waals surface area contributed by atoms with E-state index in [0.717, 1.165) is 18.7 Å². The van der Waals surface area contributed by atoms with Crippen molar-refractivity contribution in [3.63, 3.8) is 0 Å². The Morgan fingerprint density at radius 2 is 2.00 bits per heavy atom. The molecule has 1 aromatic heterocycles. The fourth-order valence-corrected chi connectivity index (χ4v) is 2.83. The second-order valence-electron chi connectivity index (χ2n) is 6.56. The molecule has 3 rings (SSSR count). The predicted molar refractivity (Wildman–Crippen MR) is 82.9 cm³/mol. The molecule has 2 heterocycles. The summed E-state index contributed by atoms with van der Waals surface area (Å²) in [6, 6.07) is 13.3. The average molecular weight is 266 g/mol. The number of nitrogens with one attached hydrogen (secondary N) is 1. The van der Waals surface area contributed by atoms with E-state index in [9.17, 15) is 0 Å². The summed E-state index contributed by atoms with van der Waals surface area (Å²) in [5, 5.41) is 3.61.